The molecule has 2 unspecified atom stereocenters. The lowest BCUT2D eigenvalue weighted by atomic mass is 9.96. The van der Waals surface area contributed by atoms with Gasteiger partial charge in [0.25, 0.3) is 0 Å². The molecule has 1 saturated carbocycles. The Morgan fingerprint density at radius 3 is 2.53 bits per heavy atom. The summed E-state index contributed by atoms with van der Waals surface area (Å²) in [6.45, 7) is 5.20. The van der Waals surface area contributed by atoms with Crippen molar-refractivity contribution in [1.29, 1.82) is 0 Å². The third kappa shape index (κ3) is 1.86. The quantitative estimate of drug-likeness (QED) is 0.819. The minimum atomic E-state index is 0.194. The van der Waals surface area contributed by atoms with Crippen molar-refractivity contribution < 1.29 is 9.84 Å². The van der Waals surface area contributed by atoms with Crippen LogP contribution in [0.1, 0.15) is 25.8 Å². The van der Waals surface area contributed by atoms with Gasteiger partial charge in [0.2, 0.25) is 0 Å². The third-order valence-corrected chi connectivity index (χ3v) is 3.46. The number of ether oxygens (including phenoxy) is 1. The van der Waals surface area contributed by atoms with E-state index in [0.29, 0.717) is 19.1 Å². The zero-order valence-corrected chi connectivity index (χ0v) is 9.36. The van der Waals surface area contributed by atoms with Gasteiger partial charge in [0.1, 0.15) is 5.75 Å². The minimum Gasteiger partial charge on any atom is -0.494 e. The highest BCUT2D eigenvalue weighted by molar-refractivity contribution is 5.36. The summed E-state index contributed by atoms with van der Waals surface area (Å²) < 4.78 is 5.40. The molecule has 1 aromatic carbocycles. The molecule has 15 heavy (non-hydrogen) atoms. The molecule has 0 amide bonds. The molecule has 0 radical (unpaired) electrons. The van der Waals surface area contributed by atoms with E-state index in [4.69, 9.17) is 9.84 Å². The van der Waals surface area contributed by atoms with E-state index in [-0.39, 0.29) is 5.41 Å². The van der Waals surface area contributed by atoms with Crippen molar-refractivity contribution >= 4 is 0 Å². The topological polar surface area (TPSA) is 29.5 Å². The van der Waals surface area contributed by atoms with E-state index >= 15 is 0 Å². The van der Waals surface area contributed by atoms with Crippen molar-refractivity contribution in [3.63, 3.8) is 0 Å². The van der Waals surface area contributed by atoms with Crippen molar-refractivity contribution in [3.05, 3.63) is 29.8 Å². The van der Waals surface area contributed by atoms with Crippen LogP contribution in [-0.2, 0) is 5.41 Å². The molecule has 0 spiro atoms. The molecule has 1 aromatic rings. The number of benzene rings is 1. The highest BCUT2D eigenvalue weighted by atomic mass is 16.5. The summed E-state index contributed by atoms with van der Waals surface area (Å²) in [4.78, 5) is 0. The molecule has 1 fully saturated rings. The van der Waals surface area contributed by atoms with Crippen LogP contribution in [0.15, 0.2) is 24.3 Å². The van der Waals surface area contributed by atoms with Crippen LogP contribution in [0.25, 0.3) is 0 Å². The Hall–Kier alpha value is -1.02. The lowest BCUT2D eigenvalue weighted by Crippen LogP contribution is -2.06. The summed E-state index contributed by atoms with van der Waals surface area (Å²) in [5, 5.41) is 9.12. The molecule has 0 heterocycles. The zero-order valence-electron chi connectivity index (χ0n) is 9.36. The van der Waals surface area contributed by atoms with Crippen LogP contribution in [0.3, 0.4) is 0 Å². The van der Waals surface area contributed by atoms with Crippen LogP contribution in [-0.4, -0.2) is 18.3 Å². The van der Waals surface area contributed by atoms with Gasteiger partial charge in [-0.3, -0.25) is 0 Å². The van der Waals surface area contributed by atoms with E-state index in [2.05, 4.69) is 19.1 Å². The third-order valence-electron chi connectivity index (χ3n) is 3.46. The molecule has 2 heteroatoms. The van der Waals surface area contributed by atoms with E-state index < -0.39 is 0 Å². The second-order valence-electron chi connectivity index (χ2n) is 4.46. The molecule has 0 saturated heterocycles. The van der Waals surface area contributed by atoms with Gasteiger partial charge in [0.05, 0.1) is 6.61 Å². The molecular formula is C13H18O2. The molecular weight excluding hydrogens is 188 g/mol. The van der Waals surface area contributed by atoms with Crippen LogP contribution >= 0.6 is 0 Å². The van der Waals surface area contributed by atoms with Crippen molar-refractivity contribution in [3.8, 4) is 5.75 Å². The summed E-state index contributed by atoms with van der Waals surface area (Å²) in [6.07, 6.45) is 1.09. The molecule has 0 bridgehead atoms. The molecule has 0 aliphatic heterocycles. The molecule has 1 N–H and O–H groups in total. The average Bonchev–Trinajstić information content (AvgIpc) is 2.93. The molecule has 2 rings (SSSR count). The van der Waals surface area contributed by atoms with Crippen molar-refractivity contribution in [2.24, 2.45) is 5.92 Å². The maximum Gasteiger partial charge on any atom is 0.119 e. The SMILES string of the molecule is CCOc1ccc(C2(C)CC2CO)cc1. The Morgan fingerprint density at radius 1 is 1.40 bits per heavy atom. The Balaban J connectivity index is 2.11. The molecule has 82 valence electrons. The predicted molar refractivity (Wildman–Crippen MR) is 60.2 cm³/mol. The standard InChI is InChI=1S/C13H18O2/c1-3-15-12-6-4-10(5-7-12)13(2)8-11(13)9-14/h4-7,11,14H,3,8-9H2,1-2H3. The van der Waals surface area contributed by atoms with Crippen LogP contribution in [0.5, 0.6) is 5.75 Å². The zero-order chi connectivity index (χ0) is 10.9. The van der Waals surface area contributed by atoms with E-state index in [1.807, 2.05) is 19.1 Å². The fraction of sp³-hybridized carbons (Fsp3) is 0.538. The van der Waals surface area contributed by atoms with Crippen LogP contribution in [0, 0.1) is 5.92 Å². The summed E-state index contributed by atoms with van der Waals surface area (Å²) in [5.41, 5.74) is 1.50. The molecule has 2 nitrogen and oxygen atoms in total. The lowest BCUT2D eigenvalue weighted by molar-refractivity contribution is 0.265. The van der Waals surface area contributed by atoms with Gasteiger partial charge >= 0.3 is 0 Å². The fourth-order valence-electron chi connectivity index (χ4n) is 2.17. The van der Waals surface area contributed by atoms with Crippen LogP contribution < -0.4 is 4.74 Å². The first-order chi connectivity index (χ1) is 7.20. The van der Waals surface area contributed by atoms with Gasteiger partial charge in [0.15, 0.2) is 0 Å². The van der Waals surface area contributed by atoms with Gasteiger partial charge in [-0.05, 0) is 42.4 Å². The number of aliphatic hydroxyl groups is 1. The first-order valence-corrected chi connectivity index (χ1v) is 5.55. The van der Waals surface area contributed by atoms with E-state index in [1.165, 1.54) is 5.56 Å². The lowest BCUT2D eigenvalue weighted by Gasteiger charge is -2.11. The molecule has 2 atom stereocenters. The number of aliphatic hydroxyl groups excluding tert-OH is 1. The van der Waals surface area contributed by atoms with Crippen molar-refractivity contribution in [2.75, 3.05) is 13.2 Å². The largest absolute Gasteiger partial charge is 0.494 e. The van der Waals surface area contributed by atoms with Gasteiger partial charge in [-0.2, -0.15) is 0 Å². The summed E-state index contributed by atoms with van der Waals surface area (Å²) in [7, 11) is 0. The Morgan fingerprint density at radius 2 is 2.07 bits per heavy atom. The summed E-state index contributed by atoms with van der Waals surface area (Å²) >= 11 is 0. The van der Waals surface area contributed by atoms with Gasteiger partial charge < -0.3 is 9.84 Å². The predicted octanol–water partition coefficient (Wildman–Crippen LogP) is 2.36. The first-order valence-electron chi connectivity index (χ1n) is 5.55. The first kappa shape index (κ1) is 10.5. The van der Waals surface area contributed by atoms with Gasteiger partial charge in [-0.15, -0.1) is 0 Å². The number of hydrogen-bond acceptors (Lipinski definition) is 2. The van der Waals surface area contributed by atoms with Crippen LogP contribution in [0.2, 0.25) is 0 Å². The maximum absolute atomic E-state index is 9.12. The number of rotatable bonds is 4. The summed E-state index contributed by atoms with van der Waals surface area (Å²) in [6, 6.07) is 8.25. The monoisotopic (exact) mass is 206 g/mol. The number of hydrogen-bond donors (Lipinski definition) is 1. The normalized spacial score (nSPS) is 28.9. The van der Waals surface area contributed by atoms with Gasteiger partial charge in [-0.1, -0.05) is 19.1 Å². The molecule has 1 aliphatic rings. The van der Waals surface area contributed by atoms with Gasteiger partial charge in [0, 0.05) is 6.61 Å². The van der Waals surface area contributed by atoms with Crippen molar-refractivity contribution in [1.82, 2.24) is 0 Å². The summed E-state index contributed by atoms with van der Waals surface area (Å²) in [5.74, 6) is 1.36. The average molecular weight is 206 g/mol. The second-order valence-corrected chi connectivity index (χ2v) is 4.46. The smallest absolute Gasteiger partial charge is 0.119 e. The van der Waals surface area contributed by atoms with E-state index in [0.717, 1.165) is 12.2 Å². The fourth-order valence-corrected chi connectivity index (χ4v) is 2.17. The highest BCUT2D eigenvalue weighted by Crippen LogP contribution is 2.53. The van der Waals surface area contributed by atoms with E-state index in [9.17, 15) is 0 Å². The molecule has 1 aliphatic carbocycles. The van der Waals surface area contributed by atoms with Gasteiger partial charge in [-0.25, -0.2) is 0 Å². The Labute approximate surface area is 90.9 Å². The maximum atomic E-state index is 9.12. The minimum absolute atomic E-state index is 0.194. The highest BCUT2D eigenvalue weighted by Gasteiger charge is 2.50. The molecule has 0 aromatic heterocycles. The Bertz CT molecular complexity index is 331. The van der Waals surface area contributed by atoms with Crippen molar-refractivity contribution in [2.45, 2.75) is 25.7 Å². The van der Waals surface area contributed by atoms with Crippen LogP contribution in [0.4, 0.5) is 0 Å². The van der Waals surface area contributed by atoms with E-state index in [1.54, 1.807) is 0 Å². The Kier molecular flexibility index (Phi) is 2.70. The second kappa shape index (κ2) is 3.86.